The molecule has 0 bridgehead atoms. The minimum Gasteiger partial charge on any atom is -0.411 e. The van der Waals surface area contributed by atoms with Crippen LogP contribution in [0.3, 0.4) is 0 Å². The van der Waals surface area contributed by atoms with Gasteiger partial charge in [0.1, 0.15) is 4.32 Å². The summed E-state index contributed by atoms with van der Waals surface area (Å²) >= 11 is 18.3. The first-order valence-corrected chi connectivity index (χ1v) is 7.05. The average Bonchev–Trinajstić information content (AvgIpc) is 2.21. The van der Waals surface area contributed by atoms with Crippen molar-refractivity contribution in [1.82, 2.24) is 9.80 Å². The van der Waals surface area contributed by atoms with Gasteiger partial charge in [-0.1, -0.05) is 16.5 Å². The fourth-order valence-electron chi connectivity index (χ4n) is 0.976. The standard InChI is InChI=1S/2C5H11NS2.Zn/c2*1-3-6(4-2)5(7)8;/h2*3-4H2,1-2H3,(H,7,8);/q;;+2/p-1. The average molecular weight is 363 g/mol. The summed E-state index contributed by atoms with van der Waals surface area (Å²) in [6.45, 7) is 12.0. The van der Waals surface area contributed by atoms with Gasteiger partial charge >= 0.3 is 19.5 Å². The van der Waals surface area contributed by atoms with E-state index in [4.69, 9.17) is 37.1 Å². The van der Waals surface area contributed by atoms with Crippen LogP contribution in [-0.4, -0.2) is 44.6 Å². The summed E-state index contributed by atoms with van der Waals surface area (Å²) in [7, 11) is 0. The molecule has 0 atom stereocenters. The van der Waals surface area contributed by atoms with Gasteiger partial charge in [-0.3, -0.25) is 0 Å². The van der Waals surface area contributed by atoms with Gasteiger partial charge < -0.3 is 34.6 Å². The van der Waals surface area contributed by atoms with Crippen LogP contribution in [0.5, 0.6) is 0 Å². The topological polar surface area (TPSA) is 6.48 Å². The third kappa shape index (κ3) is 13.2. The summed E-state index contributed by atoms with van der Waals surface area (Å²) in [6, 6.07) is 0. The van der Waals surface area contributed by atoms with Crippen LogP contribution in [0.2, 0.25) is 0 Å². The van der Waals surface area contributed by atoms with Crippen molar-refractivity contribution in [3.8, 4) is 0 Å². The van der Waals surface area contributed by atoms with Gasteiger partial charge in [0.25, 0.3) is 0 Å². The fraction of sp³-hybridized carbons (Fsp3) is 0.800. The van der Waals surface area contributed by atoms with Gasteiger partial charge in [0.05, 0.1) is 0 Å². The van der Waals surface area contributed by atoms with Gasteiger partial charge in [-0.15, -0.1) is 12.6 Å². The summed E-state index contributed by atoms with van der Waals surface area (Å²) in [5, 5.41) is 0. The van der Waals surface area contributed by atoms with Crippen LogP contribution in [-0.2, 0) is 32.1 Å². The minimum atomic E-state index is 0. The Morgan fingerprint density at radius 3 is 1.24 bits per heavy atom. The number of hydrogen-bond acceptors (Lipinski definition) is 3. The zero-order chi connectivity index (χ0) is 13.1. The number of hydrogen-bond donors (Lipinski definition) is 1. The maximum absolute atomic E-state index is 4.81. The summed E-state index contributed by atoms with van der Waals surface area (Å²) in [4.78, 5) is 3.98. The molecule has 0 aromatic carbocycles. The van der Waals surface area contributed by atoms with Crippen LogP contribution in [0.15, 0.2) is 0 Å². The Labute approximate surface area is 140 Å². The molecule has 17 heavy (non-hydrogen) atoms. The van der Waals surface area contributed by atoms with Crippen molar-refractivity contribution in [1.29, 1.82) is 0 Å². The molecule has 7 heteroatoms. The predicted molar refractivity (Wildman–Crippen MR) is 87.4 cm³/mol. The zero-order valence-corrected chi connectivity index (χ0v) is 17.4. The summed E-state index contributed by atoms with van der Waals surface area (Å²) in [5.74, 6) is 0. The van der Waals surface area contributed by atoms with Crippen molar-refractivity contribution in [3.05, 3.63) is 0 Å². The van der Waals surface area contributed by atoms with Crippen molar-refractivity contribution in [2.75, 3.05) is 26.2 Å². The summed E-state index contributed by atoms with van der Waals surface area (Å²) < 4.78 is 1.27. The molecule has 2 nitrogen and oxygen atoms in total. The van der Waals surface area contributed by atoms with Crippen molar-refractivity contribution in [3.63, 3.8) is 0 Å². The molecule has 0 aromatic rings. The van der Waals surface area contributed by atoms with E-state index in [1.54, 1.807) is 0 Å². The second-order valence-electron chi connectivity index (χ2n) is 2.89. The smallest absolute Gasteiger partial charge is 0.411 e. The molecule has 0 aliphatic heterocycles. The summed E-state index contributed by atoms with van der Waals surface area (Å²) in [6.07, 6.45) is 0. The summed E-state index contributed by atoms with van der Waals surface area (Å²) in [5.41, 5.74) is 0. The third-order valence-corrected chi connectivity index (χ3v) is 3.11. The Bertz CT molecular complexity index is 184. The molecule has 0 radical (unpaired) electrons. The molecule has 96 valence electrons. The van der Waals surface area contributed by atoms with Crippen LogP contribution in [0, 0.1) is 0 Å². The largest absolute Gasteiger partial charge is 2.00 e. The molecule has 0 aliphatic rings. The molecule has 0 spiro atoms. The SMILES string of the molecule is CCN(CC)C(=S)S.CCN(CC)C(=S)[S-].[Zn+2]. The molecule has 0 rings (SSSR count). The van der Waals surface area contributed by atoms with Gasteiger partial charge in [0.2, 0.25) is 0 Å². The maximum atomic E-state index is 4.81. The first kappa shape index (κ1) is 23.1. The molecule has 0 heterocycles. The molecular weight excluding hydrogens is 342 g/mol. The predicted octanol–water partition coefficient (Wildman–Crippen LogP) is 2.70. The van der Waals surface area contributed by atoms with E-state index in [-0.39, 0.29) is 19.5 Å². The van der Waals surface area contributed by atoms with E-state index in [1.807, 2.05) is 23.6 Å². The van der Waals surface area contributed by atoms with E-state index >= 15 is 0 Å². The maximum Gasteiger partial charge on any atom is 2.00 e. The number of rotatable bonds is 4. The number of nitrogens with zero attached hydrogens (tertiary/aromatic N) is 2. The first-order valence-electron chi connectivity index (χ1n) is 5.38. The van der Waals surface area contributed by atoms with E-state index < -0.39 is 0 Å². The minimum absolute atomic E-state index is 0. The van der Waals surface area contributed by atoms with Gasteiger partial charge in [-0.25, -0.2) is 0 Å². The molecule has 0 saturated heterocycles. The van der Waals surface area contributed by atoms with Crippen LogP contribution in [0.4, 0.5) is 0 Å². The molecular formula is C10H21N2S4Zn+. The second kappa shape index (κ2) is 15.0. The van der Waals surface area contributed by atoms with Crippen LogP contribution >= 0.6 is 37.1 Å². The fourth-order valence-corrected chi connectivity index (χ4v) is 2.03. The Morgan fingerprint density at radius 1 is 0.941 bits per heavy atom. The number of thiol groups is 1. The molecule has 0 aromatic heterocycles. The van der Waals surface area contributed by atoms with Crippen LogP contribution in [0.25, 0.3) is 0 Å². The Hall–Kier alpha value is 0.973. The molecule has 0 unspecified atom stereocenters. The third-order valence-electron chi connectivity index (χ3n) is 2.06. The molecule has 0 aliphatic carbocycles. The molecule has 0 amide bonds. The Kier molecular flexibility index (Phi) is 20.4. The van der Waals surface area contributed by atoms with E-state index in [9.17, 15) is 0 Å². The van der Waals surface area contributed by atoms with Crippen molar-refractivity contribution < 1.29 is 19.5 Å². The van der Waals surface area contributed by atoms with Gasteiger partial charge in [-0.05, 0) is 27.7 Å². The van der Waals surface area contributed by atoms with Gasteiger partial charge in [0.15, 0.2) is 0 Å². The Balaban J connectivity index is -0.000000218. The quantitative estimate of drug-likeness (QED) is 0.354. The van der Waals surface area contributed by atoms with Gasteiger partial charge in [0, 0.05) is 26.2 Å². The molecule has 0 fully saturated rings. The van der Waals surface area contributed by atoms with Crippen molar-refractivity contribution in [2.45, 2.75) is 27.7 Å². The van der Waals surface area contributed by atoms with E-state index in [0.29, 0.717) is 8.64 Å². The normalized spacial score (nSPS) is 8.29. The van der Waals surface area contributed by atoms with Crippen molar-refractivity contribution >= 4 is 58.3 Å². The first-order chi connectivity index (χ1) is 7.44. The van der Waals surface area contributed by atoms with E-state index in [2.05, 4.69) is 26.5 Å². The van der Waals surface area contributed by atoms with E-state index in [0.717, 1.165) is 26.2 Å². The Morgan fingerprint density at radius 2 is 1.24 bits per heavy atom. The zero-order valence-electron chi connectivity index (χ0n) is 11.1. The van der Waals surface area contributed by atoms with Gasteiger partial charge in [-0.2, -0.15) is 0 Å². The monoisotopic (exact) mass is 361 g/mol. The van der Waals surface area contributed by atoms with Crippen molar-refractivity contribution in [2.24, 2.45) is 0 Å². The van der Waals surface area contributed by atoms with Crippen LogP contribution < -0.4 is 0 Å². The molecule has 0 saturated carbocycles. The molecule has 0 N–H and O–H groups in total. The number of thiocarbonyl (C=S) groups is 2. The second-order valence-corrected chi connectivity index (χ2v) is 5.04. The van der Waals surface area contributed by atoms with E-state index in [1.165, 1.54) is 0 Å². The van der Waals surface area contributed by atoms with Crippen LogP contribution in [0.1, 0.15) is 27.7 Å².